The van der Waals surface area contributed by atoms with Crippen LogP contribution in [-0.4, -0.2) is 5.11 Å². The van der Waals surface area contributed by atoms with Crippen molar-refractivity contribution in [2.24, 2.45) is 17.8 Å². The number of hydrogen-bond donors (Lipinski definition) is 1. The highest BCUT2D eigenvalue weighted by Gasteiger charge is 2.42. The van der Waals surface area contributed by atoms with Crippen molar-refractivity contribution in [3.05, 3.63) is 35.4 Å². The van der Waals surface area contributed by atoms with Crippen molar-refractivity contribution < 1.29 is 5.11 Å². The molecule has 4 unspecified atom stereocenters. The number of rotatable bonds is 3. The minimum Gasteiger partial charge on any atom is -0.388 e. The van der Waals surface area contributed by atoms with E-state index in [0.29, 0.717) is 5.92 Å². The van der Waals surface area contributed by atoms with Crippen LogP contribution in [-0.2, 0) is 6.42 Å². The Morgan fingerprint density at radius 2 is 1.94 bits per heavy atom. The standard InChI is InChI=1S/C16H22O/c1-2-11-3-6-13(7-4-11)16(17)15-10-12-5-8-14(15)9-12/h3-4,6-7,12,14-17H,2,5,8-10H2,1H3. The zero-order chi connectivity index (χ0) is 11.8. The van der Waals surface area contributed by atoms with Gasteiger partial charge in [-0.15, -0.1) is 0 Å². The zero-order valence-corrected chi connectivity index (χ0v) is 10.6. The molecule has 1 N–H and O–H groups in total. The second-order valence-electron chi connectivity index (χ2n) is 5.88. The molecule has 2 aliphatic carbocycles. The van der Waals surface area contributed by atoms with Gasteiger partial charge in [0.05, 0.1) is 6.10 Å². The highest BCUT2D eigenvalue weighted by Crippen LogP contribution is 2.52. The molecule has 2 saturated carbocycles. The molecule has 0 aliphatic heterocycles. The van der Waals surface area contributed by atoms with Crippen LogP contribution < -0.4 is 0 Å². The Hall–Kier alpha value is -0.820. The van der Waals surface area contributed by atoms with E-state index in [4.69, 9.17) is 0 Å². The molecular weight excluding hydrogens is 208 g/mol. The molecule has 3 rings (SSSR count). The van der Waals surface area contributed by atoms with Crippen molar-refractivity contribution in [2.45, 2.75) is 45.1 Å². The number of aryl methyl sites for hydroxylation is 1. The second-order valence-corrected chi connectivity index (χ2v) is 5.88. The third kappa shape index (κ3) is 2.01. The number of aliphatic hydroxyl groups is 1. The third-order valence-corrected chi connectivity index (χ3v) is 4.93. The van der Waals surface area contributed by atoms with Crippen LogP contribution in [0, 0.1) is 17.8 Å². The molecule has 0 saturated heterocycles. The Kier molecular flexibility index (Phi) is 2.96. The van der Waals surface area contributed by atoms with E-state index in [1.165, 1.54) is 31.2 Å². The average molecular weight is 230 g/mol. The maximum atomic E-state index is 10.5. The van der Waals surface area contributed by atoms with Crippen LogP contribution in [0.5, 0.6) is 0 Å². The first-order chi connectivity index (χ1) is 8.28. The molecule has 2 aliphatic rings. The molecule has 1 aromatic rings. The minimum absolute atomic E-state index is 0.226. The number of aliphatic hydroxyl groups excluding tert-OH is 1. The number of hydrogen-bond acceptors (Lipinski definition) is 1. The molecule has 0 spiro atoms. The van der Waals surface area contributed by atoms with Crippen LogP contribution in [0.4, 0.5) is 0 Å². The predicted molar refractivity (Wildman–Crippen MR) is 69.7 cm³/mol. The third-order valence-electron chi connectivity index (χ3n) is 4.93. The summed E-state index contributed by atoms with van der Waals surface area (Å²) >= 11 is 0. The molecular formula is C16H22O. The van der Waals surface area contributed by atoms with Crippen LogP contribution >= 0.6 is 0 Å². The van der Waals surface area contributed by atoms with Gasteiger partial charge in [0.15, 0.2) is 0 Å². The molecule has 0 radical (unpaired) electrons. The normalized spacial score (nSPS) is 32.9. The maximum Gasteiger partial charge on any atom is 0.0820 e. The quantitative estimate of drug-likeness (QED) is 0.839. The van der Waals surface area contributed by atoms with Gasteiger partial charge in [0, 0.05) is 0 Å². The molecule has 2 fully saturated rings. The highest BCUT2D eigenvalue weighted by atomic mass is 16.3. The van der Waals surface area contributed by atoms with Gasteiger partial charge in [0.25, 0.3) is 0 Å². The lowest BCUT2D eigenvalue weighted by molar-refractivity contribution is 0.0745. The van der Waals surface area contributed by atoms with Gasteiger partial charge in [-0.05, 0) is 54.6 Å². The van der Waals surface area contributed by atoms with Gasteiger partial charge in [0.2, 0.25) is 0 Å². The van der Waals surface area contributed by atoms with Gasteiger partial charge < -0.3 is 5.11 Å². The second kappa shape index (κ2) is 4.45. The average Bonchev–Trinajstić information content (AvgIpc) is 3.00. The van der Waals surface area contributed by atoms with E-state index < -0.39 is 0 Å². The van der Waals surface area contributed by atoms with Crippen LogP contribution in [0.15, 0.2) is 24.3 Å². The van der Waals surface area contributed by atoms with Gasteiger partial charge in [0.1, 0.15) is 0 Å². The molecule has 0 aromatic heterocycles. The fourth-order valence-electron chi connectivity index (χ4n) is 3.88. The number of fused-ring (bicyclic) bond motifs is 2. The first-order valence-electron chi connectivity index (χ1n) is 7.05. The Balaban J connectivity index is 1.74. The Bertz CT molecular complexity index is 381. The van der Waals surface area contributed by atoms with E-state index in [0.717, 1.165) is 23.8 Å². The predicted octanol–water partition coefficient (Wildman–Crippen LogP) is 3.72. The van der Waals surface area contributed by atoms with Crippen molar-refractivity contribution in [3.8, 4) is 0 Å². The van der Waals surface area contributed by atoms with Crippen molar-refractivity contribution in [2.75, 3.05) is 0 Å². The SMILES string of the molecule is CCc1ccc(C(O)C2CC3CCC2C3)cc1. The van der Waals surface area contributed by atoms with Crippen molar-refractivity contribution >= 4 is 0 Å². The summed E-state index contributed by atoms with van der Waals surface area (Å²) in [4.78, 5) is 0. The van der Waals surface area contributed by atoms with Crippen LogP contribution in [0.3, 0.4) is 0 Å². The van der Waals surface area contributed by atoms with E-state index in [1.807, 2.05) is 0 Å². The smallest absolute Gasteiger partial charge is 0.0820 e. The van der Waals surface area contributed by atoms with Crippen LogP contribution in [0.1, 0.15) is 49.8 Å². The van der Waals surface area contributed by atoms with Gasteiger partial charge in [-0.3, -0.25) is 0 Å². The van der Waals surface area contributed by atoms with Gasteiger partial charge in [-0.1, -0.05) is 37.6 Å². The summed E-state index contributed by atoms with van der Waals surface area (Å²) in [5.41, 5.74) is 2.48. The molecule has 0 heterocycles. The van der Waals surface area contributed by atoms with E-state index in [9.17, 15) is 5.11 Å². The van der Waals surface area contributed by atoms with Gasteiger partial charge >= 0.3 is 0 Å². The summed E-state index contributed by atoms with van der Waals surface area (Å²) in [6, 6.07) is 8.56. The molecule has 1 nitrogen and oxygen atoms in total. The molecule has 17 heavy (non-hydrogen) atoms. The van der Waals surface area contributed by atoms with Gasteiger partial charge in [-0.2, -0.15) is 0 Å². The van der Waals surface area contributed by atoms with E-state index in [1.54, 1.807) is 0 Å². The molecule has 4 atom stereocenters. The monoisotopic (exact) mass is 230 g/mol. The summed E-state index contributed by atoms with van der Waals surface area (Å²) in [6.07, 6.45) is 6.22. The fraction of sp³-hybridized carbons (Fsp3) is 0.625. The molecule has 1 aromatic carbocycles. The maximum absolute atomic E-state index is 10.5. The highest BCUT2D eigenvalue weighted by molar-refractivity contribution is 5.25. The lowest BCUT2D eigenvalue weighted by Crippen LogP contribution is -2.19. The molecule has 0 amide bonds. The Morgan fingerprint density at radius 3 is 2.47 bits per heavy atom. The number of benzene rings is 1. The van der Waals surface area contributed by atoms with Gasteiger partial charge in [-0.25, -0.2) is 0 Å². The largest absolute Gasteiger partial charge is 0.388 e. The molecule has 1 heteroatoms. The van der Waals surface area contributed by atoms with Crippen molar-refractivity contribution in [1.82, 2.24) is 0 Å². The molecule has 92 valence electrons. The first kappa shape index (κ1) is 11.3. The summed E-state index contributed by atoms with van der Waals surface area (Å²) in [6.45, 7) is 2.17. The van der Waals surface area contributed by atoms with Crippen LogP contribution in [0.2, 0.25) is 0 Å². The molecule has 2 bridgehead atoms. The minimum atomic E-state index is -0.226. The van der Waals surface area contributed by atoms with Crippen molar-refractivity contribution in [3.63, 3.8) is 0 Å². The lowest BCUT2D eigenvalue weighted by atomic mass is 9.82. The summed E-state index contributed by atoms with van der Waals surface area (Å²) in [7, 11) is 0. The zero-order valence-electron chi connectivity index (χ0n) is 10.6. The first-order valence-corrected chi connectivity index (χ1v) is 7.05. The Morgan fingerprint density at radius 1 is 1.18 bits per heavy atom. The Labute approximate surface area is 104 Å². The van der Waals surface area contributed by atoms with E-state index in [2.05, 4.69) is 31.2 Å². The van der Waals surface area contributed by atoms with Crippen molar-refractivity contribution in [1.29, 1.82) is 0 Å². The topological polar surface area (TPSA) is 20.2 Å². The van der Waals surface area contributed by atoms with E-state index >= 15 is 0 Å². The lowest BCUT2D eigenvalue weighted by Gasteiger charge is -2.27. The summed E-state index contributed by atoms with van der Waals surface area (Å²) in [5, 5.41) is 10.5. The summed E-state index contributed by atoms with van der Waals surface area (Å²) in [5.74, 6) is 2.23. The van der Waals surface area contributed by atoms with E-state index in [-0.39, 0.29) is 6.10 Å². The van der Waals surface area contributed by atoms with Crippen LogP contribution in [0.25, 0.3) is 0 Å². The fourth-order valence-corrected chi connectivity index (χ4v) is 3.88. The summed E-state index contributed by atoms with van der Waals surface area (Å²) < 4.78 is 0.